The molecule has 0 heterocycles. The van der Waals surface area contributed by atoms with Crippen molar-refractivity contribution in [1.29, 1.82) is 0 Å². The van der Waals surface area contributed by atoms with Crippen LogP contribution in [0.25, 0.3) is 0 Å². The lowest BCUT2D eigenvalue weighted by Gasteiger charge is -2.26. The fourth-order valence-electron chi connectivity index (χ4n) is 1.45. The molecule has 0 amide bonds. The van der Waals surface area contributed by atoms with Crippen LogP contribution in [0.2, 0.25) is 0 Å². The first-order chi connectivity index (χ1) is 7.06. The zero-order valence-electron chi connectivity index (χ0n) is 9.95. The molecule has 15 heavy (non-hydrogen) atoms. The molecule has 1 aromatic rings. The molecule has 3 nitrogen and oxygen atoms in total. The summed E-state index contributed by atoms with van der Waals surface area (Å²) in [5, 5.41) is 0. The van der Waals surface area contributed by atoms with Gasteiger partial charge in [-0.1, -0.05) is 6.07 Å². The number of likely N-dealkylation sites (N-methyl/N-ethyl adjacent to an activating group) is 1. The van der Waals surface area contributed by atoms with Crippen LogP contribution in [0.1, 0.15) is 12.5 Å². The van der Waals surface area contributed by atoms with E-state index in [1.54, 1.807) is 7.11 Å². The Kier molecular flexibility index (Phi) is 3.97. The summed E-state index contributed by atoms with van der Waals surface area (Å²) < 4.78 is 5.13. The Balaban J connectivity index is 2.81. The van der Waals surface area contributed by atoms with Gasteiger partial charge in [-0.05, 0) is 31.5 Å². The number of nitrogens with two attached hydrogens (primary N) is 1. The number of rotatable bonds is 4. The molecule has 0 spiro atoms. The molecule has 0 aliphatic carbocycles. The van der Waals surface area contributed by atoms with Gasteiger partial charge in [-0.25, -0.2) is 0 Å². The highest BCUT2D eigenvalue weighted by molar-refractivity contribution is 5.59. The number of methoxy groups -OCH3 is 1. The molecule has 0 bridgehead atoms. The van der Waals surface area contributed by atoms with E-state index in [0.29, 0.717) is 12.6 Å². The van der Waals surface area contributed by atoms with Gasteiger partial charge in [0.1, 0.15) is 0 Å². The van der Waals surface area contributed by atoms with Gasteiger partial charge < -0.3 is 15.4 Å². The van der Waals surface area contributed by atoms with E-state index in [1.807, 2.05) is 26.1 Å². The first-order valence-electron chi connectivity index (χ1n) is 5.14. The number of hydrogen-bond donors (Lipinski definition) is 1. The minimum absolute atomic E-state index is 0.345. The predicted octanol–water partition coefficient (Wildman–Crippen LogP) is 2.05. The Morgan fingerprint density at radius 3 is 2.67 bits per heavy atom. The SMILES string of the molecule is COCC(C)N(C)c1ccc(C)c(N)c1. The highest BCUT2D eigenvalue weighted by Gasteiger charge is 2.10. The number of ether oxygens (including phenoxy) is 1. The molecule has 0 saturated heterocycles. The number of hydrogen-bond acceptors (Lipinski definition) is 3. The monoisotopic (exact) mass is 208 g/mol. The van der Waals surface area contributed by atoms with Crippen molar-refractivity contribution in [2.45, 2.75) is 19.9 Å². The summed E-state index contributed by atoms with van der Waals surface area (Å²) >= 11 is 0. The van der Waals surface area contributed by atoms with Gasteiger partial charge in [-0.3, -0.25) is 0 Å². The second kappa shape index (κ2) is 5.03. The van der Waals surface area contributed by atoms with Crippen molar-refractivity contribution in [2.75, 3.05) is 31.4 Å². The Labute approximate surface area is 91.8 Å². The minimum atomic E-state index is 0.345. The summed E-state index contributed by atoms with van der Waals surface area (Å²) in [7, 11) is 3.77. The van der Waals surface area contributed by atoms with Gasteiger partial charge in [0, 0.05) is 31.6 Å². The Morgan fingerprint density at radius 1 is 1.47 bits per heavy atom. The van der Waals surface area contributed by atoms with Gasteiger partial charge in [0.15, 0.2) is 0 Å². The third-order valence-corrected chi connectivity index (χ3v) is 2.74. The van der Waals surface area contributed by atoms with E-state index < -0.39 is 0 Å². The molecule has 84 valence electrons. The molecule has 1 aromatic carbocycles. The smallest absolute Gasteiger partial charge is 0.0663 e. The molecule has 0 aliphatic heterocycles. The quantitative estimate of drug-likeness (QED) is 0.770. The van der Waals surface area contributed by atoms with Gasteiger partial charge >= 0.3 is 0 Å². The fraction of sp³-hybridized carbons (Fsp3) is 0.500. The first-order valence-corrected chi connectivity index (χ1v) is 5.14. The van der Waals surface area contributed by atoms with E-state index in [2.05, 4.69) is 17.9 Å². The lowest BCUT2D eigenvalue weighted by Crippen LogP contribution is -2.32. The van der Waals surface area contributed by atoms with Crippen LogP contribution in [0.15, 0.2) is 18.2 Å². The minimum Gasteiger partial charge on any atom is -0.398 e. The fourth-order valence-corrected chi connectivity index (χ4v) is 1.45. The molecule has 0 radical (unpaired) electrons. The second-order valence-electron chi connectivity index (χ2n) is 3.96. The molecule has 3 heteroatoms. The van der Waals surface area contributed by atoms with Gasteiger partial charge in [-0.2, -0.15) is 0 Å². The van der Waals surface area contributed by atoms with Crippen molar-refractivity contribution < 1.29 is 4.74 Å². The van der Waals surface area contributed by atoms with E-state index in [0.717, 1.165) is 16.9 Å². The van der Waals surface area contributed by atoms with Crippen molar-refractivity contribution in [1.82, 2.24) is 0 Å². The topological polar surface area (TPSA) is 38.5 Å². The van der Waals surface area contributed by atoms with Crippen molar-refractivity contribution in [3.8, 4) is 0 Å². The third-order valence-electron chi connectivity index (χ3n) is 2.74. The molecule has 1 atom stereocenters. The lowest BCUT2D eigenvalue weighted by molar-refractivity contribution is 0.183. The van der Waals surface area contributed by atoms with Gasteiger partial charge in [-0.15, -0.1) is 0 Å². The molecule has 0 aliphatic rings. The van der Waals surface area contributed by atoms with Crippen LogP contribution in [-0.2, 0) is 4.74 Å². The first kappa shape index (κ1) is 11.9. The van der Waals surface area contributed by atoms with Crippen LogP contribution in [0.3, 0.4) is 0 Å². The zero-order chi connectivity index (χ0) is 11.4. The molecule has 0 fully saturated rings. The largest absolute Gasteiger partial charge is 0.398 e. The normalized spacial score (nSPS) is 12.5. The van der Waals surface area contributed by atoms with E-state index in [1.165, 1.54) is 0 Å². The molecule has 1 unspecified atom stereocenters. The molecule has 1 rings (SSSR count). The van der Waals surface area contributed by atoms with Gasteiger partial charge in [0.05, 0.1) is 6.61 Å². The van der Waals surface area contributed by atoms with E-state index in [9.17, 15) is 0 Å². The van der Waals surface area contributed by atoms with E-state index in [-0.39, 0.29) is 0 Å². The van der Waals surface area contributed by atoms with Crippen molar-refractivity contribution in [3.05, 3.63) is 23.8 Å². The standard InChI is InChI=1S/C12H20N2O/c1-9-5-6-11(7-12(9)13)14(3)10(2)8-15-4/h5-7,10H,8,13H2,1-4H3. The maximum Gasteiger partial charge on any atom is 0.0663 e. The summed E-state index contributed by atoms with van der Waals surface area (Å²) in [5.74, 6) is 0. The predicted molar refractivity (Wildman–Crippen MR) is 65.3 cm³/mol. The van der Waals surface area contributed by atoms with Crippen LogP contribution in [0.4, 0.5) is 11.4 Å². The molecule has 2 N–H and O–H groups in total. The average molecular weight is 208 g/mol. The van der Waals surface area contributed by atoms with Crippen molar-refractivity contribution in [3.63, 3.8) is 0 Å². The molecular weight excluding hydrogens is 188 g/mol. The number of anilines is 2. The Hall–Kier alpha value is -1.22. The molecular formula is C12H20N2O. The van der Waals surface area contributed by atoms with E-state index >= 15 is 0 Å². The summed E-state index contributed by atoms with van der Waals surface area (Å²) in [6.07, 6.45) is 0. The molecule has 0 aromatic heterocycles. The van der Waals surface area contributed by atoms with Crippen LogP contribution in [0.5, 0.6) is 0 Å². The van der Waals surface area contributed by atoms with Crippen LogP contribution in [0, 0.1) is 6.92 Å². The van der Waals surface area contributed by atoms with E-state index in [4.69, 9.17) is 10.5 Å². The van der Waals surface area contributed by atoms with Crippen molar-refractivity contribution >= 4 is 11.4 Å². The summed E-state index contributed by atoms with van der Waals surface area (Å²) in [6.45, 7) is 4.85. The maximum atomic E-state index is 5.87. The Bertz CT molecular complexity index is 325. The average Bonchev–Trinajstić information content (AvgIpc) is 2.21. The number of nitrogens with zero attached hydrogens (tertiary/aromatic N) is 1. The van der Waals surface area contributed by atoms with Gasteiger partial charge in [0.25, 0.3) is 0 Å². The second-order valence-corrected chi connectivity index (χ2v) is 3.96. The lowest BCUT2D eigenvalue weighted by atomic mass is 10.1. The van der Waals surface area contributed by atoms with Crippen LogP contribution in [-0.4, -0.2) is 26.8 Å². The van der Waals surface area contributed by atoms with Crippen molar-refractivity contribution in [2.24, 2.45) is 0 Å². The van der Waals surface area contributed by atoms with Gasteiger partial charge in [0.2, 0.25) is 0 Å². The Morgan fingerprint density at radius 2 is 2.13 bits per heavy atom. The maximum absolute atomic E-state index is 5.87. The van der Waals surface area contributed by atoms with Crippen LogP contribution >= 0.6 is 0 Å². The summed E-state index contributed by atoms with van der Waals surface area (Å²) in [5.41, 5.74) is 8.96. The summed E-state index contributed by atoms with van der Waals surface area (Å²) in [6, 6.07) is 6.47. The highest BCUT2D eigenvalue weighted by Crippen LogP contribution is 2.21. The third kappa shape index (κ3) is 2.86. The zero-order valence-corrected chi connectivity index (χ0v) is 9.95. The summed E-state index contributed by atoms with van der Waals surface area (Å²) in [4.78, 5) is 2.17. The number of aryl methyl sites for hydroxylation is 1. The molecule has 0 saturated carbocycles. The highest BCUT2D eigenvalue weighted by atomic mass is 16.5. The number of benzene rings is 1. The van der Waals surface area contributed by atoms with Crippen LogP contribution < -0.4 is 10.6 Å². The number of nitrogen functional groups attached to an aromatic ring is 1.